The van der Waals surface area contributed by atoms with Gasteiger partial charge in [-0.15, -0.1) is 0 Å². The van der Waals surface area contributed by atoms with Crippen LogP contribution in [-0.4, -0.2) is 26.1 Å². The Bertz CT molecular complexity index is 199. The van der Waals surface area contributed by atoms with Crippen LogP contribution in [0.1, 0.15) is 13.8 Å². The Hall–Kier alpha value is -1.26. The molecule has 0 saturated heterocycles. The van der Waals surface area contributed by atoms with Crippen LogP contribution in [0.4, 0.5) is 0 Å². The lowest BCUT2D eigenvalue weighted by Gasteiger charge is -2.14. The number of hydrogen-bond donors (Lipinski definition) is 1. The molecule has 0 bridgehead atoms. The van der Waals surface area contributed by atoms with Crippen LogP contribution < -0.4 is 5.43 Å². The summed E-state index contributed by atoms with van der Waals surface area (Å²) >= 11 is 0. The Balaban J connectivity index is 4.17. The monoisotopic (exact) mass is 185 g/mol. The van der Waals surface area contributed by atoms with E-state index in [4.69, 9.17) is 10.3 Å². The van der Waals surface area contributed by atoms with Crippen molar-refractivity contribution in [2.45, 2.75) is 20.1 Å². The predicted octanol–water partition coefficient (Wildman–Crippen LogP) is 1.50. The first-order valence-corrected chi connectivity index (χ1v) is 4.12. The number of nitrogens with zero attached hydrogens (tertiary/aromatic N) is 4. The SMILES string of the molecule is CCOC(N=[N+]=[N-])[C@H](C)/C=N\NC. The van der Waals surface area contributed by atoms with Gasteiger partial charge in [0.2, 0.25) is 0 Å². The van der Waals surface area contributed by atoms with Crippen LogP contribution in [0.25, 0.3) is 10.4 Å². The van der Waals surface area contributed by atoms with Crippen LogP contribution in [0.2, 0.25) is 0 Å². The Morgan fingerprint density at radius 2 is 2.38 bits per heavy atom. The van der Waals surface area contributed by atoms with Gasteiger partial charge in [0.25, 0.3) is 0 Å². The van der Waals surface area contributed by atoms with E-state index in [0.717, 1.165) is 0 Å². The van der Waals surface area contributed by atoms with Crippen molar-refractivity contribution in [3.8, 4) is 0 Å². The van der Waals surface area contributed by atoms with Gasteiger partial charge in [-0.2, -0.15) is 5.10 Å². The lowest BCUT2D eigenvalue weighted by molar-refractivity contribution is 0.0498. The minimum Gasteiger partial charge on any atom is -0.372 e. The summed E-state index contributed by atoms with van der Waals surface area (Å²) in [6.45, 7) is 4.24. The maximum atomic E-state index is 8.26. The summed E-state index contributed by atoms with van der Waals surface area (Å²) in [6.07, 6.45) is 1.17. The fourth-order valence-corrected chi connectivity index (χ4v) is 0.778. The zero-order valence-corrected chi connectivity index (χ0v) is 8.14. The second-order valence-electron chi connectivity index (χ2n) is 2.41. The average molecular weight is 185 g/mol. The molecule has 74 valence electrons. The molecule has 0 aliphatic carbocycles. The van der Waals surface area contributed by atoms with E-state index in [1.165, 1.54) is 0 Å². The minimum absolute atomic E-state index is 0.0386. The highest BCUT2D eigenvalue weighted by molar-refractivity contribution is 5.60. The second-order valence-corrected chi connectivity index (χ2v) is 2.41. The molecule has 0 aromatic rings. The zero-order valence-electron chi connectivity index (χ0n) is 8.14. The molecule has 0 aliphatic rings. The van der Waals surface area contributed by atoms with E-state index in [9.17, 15) is 0 Å². The molecule has 0 spiro atoms. The van der Waals surface area contributed by atoms with Crippen molar-refractivity contribution in [2.75, 3.05) is 13.7 Å². The van der Waals surface area contributed by atoms with Crippen molar-refractivity contribution in [1.82, 2.24) is 5.43 Å². The van der Waals surface area contributed by atoms with Crippen LogP contribution in [0, 0.1) is 5.92 Å². The topological polar surface area (TPSA) is 82.4 Å². The summed E-state index contributed by atoms with van der Waals surface area (Å²) in [5, 5.41) is 7.32. The van der Waals surface area contributed by atoms with Crippen molar-refractivity contribution in [2.24, 2.45) is 16.1 Å². The molecule has 0 amide bonds. The van der Waals surface area contributed by atoms with Gasteiger partial charge in [-0.05, 0) is 12.5 Å². The number of nitrogens with one attached hydrogen (secondary N) is 1. The molecule has 0 radical (unpaired) electrons. The van der Waals surface area contributed by atoms with Gasteiger partial charge in [-0.3, -0.25) is 0 Å². The Kier molecular flexibility index (Phi) is 6.68. The van der Waals surface area contributed by atoms with Crippen LogP contribution >= 0.6 is 0 Å². The maximum Gasteiger partial charge on any atom is 0.144 e. The highest BCUT2D eigenvalue weighted by Gasteiger charge is 2.13. The molecule has 0 fully saturated rings. The van der Waals surface area contributed by atoms with Crippen LogP contribution in [0.15, 0.2) is 10.2 Å². The minimum atomic E-state index is -0.480. The van der Waals surface area contributed by atoms with E-state index < -0.39 is 6.23 Å². The van der Waals surface area contributed by atoms with Gasteiger partial charge < -0.3 is 10.2 Å². The average Bonchev–Trinajstić information content (AvgIpc) is 2.14. The molecule has 0 saturated carbocycles. The molecule has 1 unspecified atom stereocenters. The van der Waals surface area contributed by atoms with E-state index in [-0.39, 0.29) is 5.92 Å². The normalized spacial score (nSPS) is 15.0. The number of rotatable bonds is 6. The van der Waals surface area contributed by atoms with Gasteiger partial charge in [0.15, 0.2) is 0 Å². The zero-order chi connectivity index (χ0) is 10.1. The lowest BCUT2D eigenvalue weighted by Crippen LogP contribution is -2.20. The third kappa shape index (κ3) is 5.05. The molecule has 1 N–H and O–H groups in total. The summed E-state index contributed by atoms with van der Waals surface area (Å²) in [7, 11) is 1.70. The molecule has 13 heavy (non-hydrogen) atoms. The predicted molar refractivity (Wildman–Crippen MR) is 51.3 cm³/mol. The Morgan fingerprint density at radius 1 is 1.69 bits per heavy atom. The molecule has 0 aromatic carbocycles. The van der Waals surface area contributed by atoms with Crippen molar-refractivity contribution in [3.63, 3.8) is 0 Å². The molecule has 0 aliphatic heterocycles. The Labute approximate surface area is 77.6 Å². The van der Waals surface area contributed by atoms with Gasteiger partial charge in [0, 0.05) is 30.7 Å². The summed E-state index contributed by atoms with van der Waals surface area (Å²) < 4.78 is 5.20. The van der Waals surface area contributed by atoms with Gasteiger partial charge in [0.05, 0.1) is 0 Å². The third-order valence-corrected chi connectivity index (χ3v) is 1.39. The molecular weight excluding hydrogens is 170 g/mol. The van der Waals surface area contributed by atoms with E-state index in [1.54, 1.807) is 13.3 Å². The second kappa shape index (κ2) is 7.39. The quantitative estimate of drug-likeness (QED) is 0.223. The fourth-order valence-electron chi connectivity index (χ4n) is 0.778. The fraction of sp³-hybridized carbons (Fsp3) is 0.857. The van der Waals surface area contributed by atoms with E-state index in [1.807, 2.05) is 13.8 Å². The molecular formula is C7H15N5O. The van der Waals surface area contributed by atoms with Gasteiger partial charge >= 0.3 is 0 Å². The van der Waals surface area contributed by atoms with E-state index in [2.05, 4.69) is 20.6 Å². The van der Waals surface area contributed by atoms with Crippen LogP contribution in [-0.2, 0) is 4.74 Å². The summed E-state index contributed by atoms with van der Waals surface area (Å²) in [4.78, 5) is 2.70. The molecule has 0 heterocycles. The summed E-state index contributed by atoms with van der Waals surface area (Å²) in [6, 6.07) is 0. The first kappa shape index (κ1) is 11.7. The highest BCUT2D eigenvalue weighted by Crippen LogP contribution is 2.06. The van der Waals surface area contributed by atoms with Crippen LogP contribution in [0.3, 0.4) is 0 Å². The van der Waals surface area contributed by atoms with Crippen LogP contribution in [0.5, 0.6) is 0 Å². The number of azide groups is 1. The smallest absolute Gasteiger partial charge is 0.144 e. The van der Waals surface area contributed by atoms with Crippen molar-refractivity contribution in [3.05, 3.63) is 10.4 Å². The molecule has 2 atom stereocenters. The summed E-state index contributed by atoms with van der Waals surface area (Å²) in [5.74, 6) is -0.0386. The highest BCUT2D eigenvalue weighted by atomic mass is 16.5. The standard InChI is InChI=1S/C7H15N5O/c1-4-13-7(11-12-8)6(2)5-10-9-3/h5-7,9H,4H2,1-3H3/b10-5-/t6-,7?/m1/s1. The van der Waals surface area contributed by atoms with Gasteiger partial charge in [-0.1, -0.05) is 12.0 Å². The molecule has 6 heteroatoms. The van der Waals surface area contributed by atoms with Gasteiger partial charge in [0.1, 0.15) is 6.23 Å². The largest absolute Gasteiger partial charge is 0.372 e. The Morgan fingerprint density at radius 3 is 2.85 bits per heavy atom. The number of hydrogen-bond acceptors (Lipinski definition) is 4. The van der Waals surface area contributed by atoms with Crippen molar-refractivity contribution >= 4 is 6.21 Å². The first-order chi connectivity index (χ1) is 6.26. The van der Waals surface area contributed by atoms with Gasteiger partial charge in [-0.25, -0.2) is 0 Å². The van der Waals surface area contributed by atoms with Crippen molar-refractivity contribution < 1.29 is 4.74 Å². The number of ether oxygens (including phenoxy) is 1. The molecule has 0 aromatic heterocycles. The first-order valence-electron chi connectivity index (χ1n) is 4.12. The van der Waals surface area contributed by atoms with Crippen molar-refractivity contribution in [1.29, 1.82) is 0 Å². The maximum absolute atomic E-state index is 8.26. The molecule has 0 rings (SSSR count). The number of hydrazone groups is 1. The lowest BCUT2D eigenvalue weighted by atomic mass is 10.2. The third-order valence-electron chi connectivity index (χ3n) is 1.39. The van der Waals surface area contributed by atoms with E-state index in [0.29, 0.717) is 6.61 Å². The molecule has 6 nitrogen and oxygen atoms in total. The van der Waals surface area contributed by atoms with E-state index >= 15 is 0 Å². The summed E-state index contributed by atoms with van der Waals surface area (Å²) in [5.41, 5.74) is 10.9.